The van der Waals surface area contributed by atoms with Gasteiger partial charge < -0.3 is 10.2 Å². The van der Waals surface area contributed by atoms with E-state index >= 15 is 0 Å². The number of hydrogen-bond donors (Lipinski definition) is 2. The van der Waals surface area contributed by atoms with Crippen LogP contribution in [0.4, 0.5) is 10.1 Å². The van der Waals surface area contributed by atoms with Crippen molar-refractivity contribution in [3.05, 3.63) is 70.8 Å². The van der Waals surface area contributed by atoms with Crippen LogP contribution in [0.2, 0.25) is 5.02 Å². The summed E-state index contributed by atoms with van der Waals surface area (Å²) in [4.78, 5) is 4.26. The molecule has 1 fully saturated rings. The van der Waals surface area contributed by atoms with Crippen molar-refractivity contribution in [3.63, 3.8) is 0 Å². The summed E-state index contributed by atoms with van der Waals surface area (Å²) in [5.74, 6) is -0.200. The summed E-state index contributed by atoms with van der Waals surface area (Å²) in [6, 6.07) is 9.83. The second-order valence-electron chi connectivity index (χ2n) is 9.82. The summed E-state index contributed by atoms with van der Waals surface area (Å²) >= 11 is 6.27. The zero-order chi connectivity index (χ0) is 23.4. The molecule has 0 bridgehead atoms. The van der Waals surface area contributed by atoms with Gasteiger partial charge in [-0.25, -0.2) is 4.39 Å². The molecule has 5 nitrogen and oxygen atoms in total. The average molecular weight is 470 g/mol. The lowest BCUT2D eigenvalue weighted by molar-refractivity contribution is -0.0928. The molecule has 1 aromatic carbocycles. The van der Waals surface area contributed by atoms with Crippen LogP contribution in [0.1, 0.15) is 57.7 Å². The minimum absolute atomic E-state index is 0.0754. The maximum atomic E-state index is 13.5. The summed E-state index contributed by atoms with van der Waals surface area (Å²) in [7, 11) is 0. The molecule has 7 heteroatoms. The van der Waals surface area contributed by atoms with Crippen LogP contribution >= 0.6 is 11.6 Å². The first kappa shape index (κ1) is 22.5. The first-order valence-electron chi connectivity index (χ1n) is 11.6. The molecule has 0 spiro atoms. The number of fused-ring (bicyclic) bond motifs is 2. The maximum absolute atomic E-state index is 13.5. The van der Waals surface area contributed by atoms with E-state index in [-0.39, 0.29) is 23.7 Å². The normalized spacial score (nSPS) is 33.6. The van der Waals surface area contributed by atoms with E-state index in [1.54, 1.807) is 30.5 Å². The average Bonchev–Trinajstić information content (AvgIpc) is 3.26. The molecule has 5 unspecified atom stereocenters. The van der Waals surface area contributed by atoms with Crippen LogP contribution in [0, 0.1) is 17.2 Å². The Balaban J connectivity index is 1.49. The molecule has 1 aromatic heterocycles. The van der Waals surface area contributed by atoms with E-state index in [9.17, 15) is 14.6 Å². The SMILES string of the molecule is CCC12CC3C=NN(c4ccc(F)cc4)C3(C)C=C1CCC2(O)CC(O)c1ncccc1Cl. The summed E-state index contributed by atoms with van der Waals surface area (Å²) in [6.07, 6.45) is 7.87. The summed E-state index contributed by atoms with van der Waals surface area (Å²) in [5, 5.41) is 30.1. The summed E-state index contributed by atoms with van der Waals surface area (Å²) < 4.78 is 13.5. The van der Waals surface area contributed by atoms with Gasteiger partial charge in [-0.15, -0.1) is 0 Å². The monoisotopic (exact) mass is 469 g/mol. The fourth-order valence-electron chi connectivity index (χ4n) is 6.37. The Bertz CT molecular complexity index is 1120. The predicted octanol–water partition coefficient (Wildman–Crippen LogP) is 5.43. The fourth-order valence-corrected chi connectivity index (χ4v) is 6.62. The van der Waals surface area contributed by atoms with Crippen LogP contribution in [0.5, 0.6) is 0 Å². The smallest absolute Gasteiger partial charge is 0.123 e. The number of aromatic nitrogens is 1. The van der Waals surface area contributed by atoms with E-state index in [4.69, 9.17) is 16.7 Å². The van der Waals surface area contributed by atoms with E-state index in [1.807, 2.05) is 11.2 Å². The molecule has 3 aliphatic rings. The van der Waals surface area contributed by atoms with Gasteiger partial charge in [-0.1, -0.05) is 30.2 Å². The van der Waals surface area contributed by atoms with E-state index in [0.29, 0.717) is 17.1 Å². The number of hydrogen-bond acceptors (Lipinski definition) is 5. The number of halogens is 2. The van der Waals surface area contributed by atoms with Gasteiger partial charge in [0.25, 0.3) is 0 Å². The minimum Gasteiger partial charge on any atom is -0.389 e. The summed E-state index contributed by atoms with van der Waals surface area (Å²) in [6.45, 7) is 4.26. The number of nitrogens with zero attached hydrogens (tertiary/aromatic N) is 3. The molecular formula is C26H29ClFN3O2. The zero-order valence-electron chi connectivity index (χ0n) is 18.9. The van der Waals surface area contributed by atoms with Crippen LogP contribution in [0.15, 0.2) is 59.3 Å². The topological polar surface area (TPSA) is 69.0 Å². The predicted molar refractivity (Wildman–Crippen MR) is 128 cm³/mol. The Hall–Kier alpha value is -2.28. The second kappa shape index (κ2) is 7.90. The molecule has 2 N–H and O–H groups in total. The lowest BCUT2D eigenvalue weighted by Gasteiger charge is -2.51. The standard InChI is InChI=1S/C26H29ClFN3O2/c1-3-25-14-18-16-30-31(20-8-6-19(28)7-9-20)24(18,2)13-17(25)10-11-26(25,33)15-22(32)23-21(27)5-4-12-29-23/h4-9,12-13,16,18,22,32-33H,3,10-11,14-15H2,1-2H3. The number of pyridine rings is 1. The molecular weight excluding hydrogens is 441 g/mol. The van der Waals surface area contributed by atoms with Crippen LogP contribution in [0.25, 0.3) is 0 Å². The Morgan fingerprint density at radius 3 is 2.73 bits per heavy atom. The quantitative estimate of drug-likeness (QED) is 0.573. The third-order valence-electron chi connectivity index (χ3n) is 8.23. The third kappa shape index (κ3) is 3.34. The van der Waals surface area contributed by atoms with Gasteiger partial charge in [-0.2, -0.15) is 5.10 Å². The molecule has 0 radical (unpaired) electrons. The van der Waals surface area contributed by atoms with Gasteiger partial charge in [0.1, 0.15) is 11.9 Å². The second-order valence-corrected chi connectivity index (χ2v) is 10.2. The number of aliphatic hydroxyl groups is 2. The van der Waals surface area contributed by atoms with Gasteiger partial charge in [-0.3, -0.25) is 9.99 Å². The molecule has 33 heavy (non-hydrogen) atoms. The minimum atomic E-state index is -1.08. The largest absolute Gasteiger partial charge is 0.389 e. The Kier molecular flexibility index (Phi) is 5.39. The Morgan fingerprint density at radius 1 is 1.27 bits per heavy atom. The van der Waals surface area contributed by atoms with Gasteiger partial charge >= 0.3 is 0 Å². The van der Waals surface area contributed by atoms with Crippen molar-refractivity contribution in [1.82, 2.24) is 4.98 Å². The van der Waals surface area contributed by atoms with E-state index in [2.05, 4.69) is 24.9 Å². The Labute approximate surface area is 198 Å². The number of hydrazone groups is 1. The van der Waals surface area contributed by atoms with Crippen molar-refractivity contribution in [2.24, 2.45) is 16.4 Å². The highest BCUT2D eigenvalue weighted by Crippen LogP contribution is 2.63. The third-order valence-corrected chi connectivity index (χ3v) is 8.55. The lowest BCUT2D eigenvalue weighted by Crippen LogP contribution is -2.54. The molecule has 1 aliphatic heterocycles. The first-order valence-corrected chi connectivity index (χ1v) is 11.9. The van der Waals surface area contributed by atoms with Crippen molar-refractivity contribution in [2.75, 3.05) is 5.01 Å². The van der Waals surface area contributed by atoms with Gasteiger partial charge in [0, 0.05) is 30.2 Å². The van der Waals surface area contributed by atoms with E-state index in [1.165, 1.54) is 17.7 Å². The molecule has 0 amide bonds. The molecule has 174 valence electrons. The Morgan fingerprint density at radius 2 is 2.03 bits per heavy atom. The molecule has 5 atom stereocenters. The van der Waals surface area contributed by atoms with Crippen molar-refractivity contribution >= 4 is 23.5 Å². The van der Waals surface area contributed by atoms with E-state index < -0.39 is 17.1 Å². The van der Waals surface area contributed by atoms with E-state index in [0.717, 1.165) is 24.9 Å². The zero-order valence-corrected chi connectivity index (χ0v) is 19.6. The summed E-state index contributed by atoms with van der Waals surface area (Å²) in [5.41, 5.74) is 0.535. The molecule has 0 saturated heterocycles. The highest BCUT2D eigenvalue weighted by molar-refractivity contribution is 6.31. The molecule has 2 aromatic rings. The highest BCUT2D eigenvalue weighted by atomic mass is 35.5. The lowest BCUT2D eigenvalue weighted by atomic mass is 9.57. The number of rotatable bonds is 5. The number of anilines is 1. The van der Waals surface area contributed by atoms with Crippen LogP contribution in [0.3, 0.4) is 0 Å². The number of aliphatic hydroxyl groups excluding tert-OH is 1. The molecule has 5 rings (SSSR count). The van der Waals surface area contributed by atoms with Crippen LogP contribution in [-0.4, -0.2) is 32.6 Å². The van der Waals surface area contributed by atoms with Crippen LogP contribution < -0.4 is 5.01 Å². The maximum Gasteiger partial charge on any atom is 0.123 e. The van der Waals surface area contributed by atoms with Gasteiger partial charge in [-0.05, 0) is 69.0 Å². The molecule has 2 aliphatic carbocycles. The van der Waals surface area contributed by atoms with Gasteiger partial charge in [0.2, 0.25) is 0 Å². The van der Waals surface area contributed by atoms with Gasteiger partial charge in [0.15, 0.2) is 0 Å². The van der Waals surface area contributed by atoms with Crippen molar-refractivity contribution in [3.8, 4) is 0 Å². The highest BCUT2D eigenvalue weighted by Gasteiger charge is 2.62. The van der Waals surface area contributed by atoms with Crippen LogP contribution in [-0.2, 0) is 0 Å². The first-order chi connectivity index (χ1) is 15.7. The fraction of sp³-hybridized carbons (Fsp3) is 0.462. The van der Waals surface area contributed by atoms with Crippen molar-refractivity contribution < 1.29 is 14.6 Å². The number of benzene rings is 1. The van der Waals surface area contributed by atoms with Crippen molar-refractivity contribution in [2.45, 2.75) is 63.2 Å². The molecule has 1 saturated carbocycles. The van der Waals surface area contributed by atoms with Gasteiger partial charge in [0.05, 0.1) is 27.5 Å². The van der Waals surface area contributed by atoms with Crippen molar-refractivity contribution in [1.29, 1.82) is 0 Å². The molecule has 2 heterocycles.